The predicted octanol–water partition coefficient (Wildman–Crippen LogP) is 3.43. The van der Waals surface area contributed by atoms with Crippen molar-refractivity contribution in [1.82, 2.24) is 0 Å². The van der Waals surface area contributed by atoms with Gasteiger partial charge in [-0.2, -0.15) is 0 Å². The fourth-order valence-electron chi connectivity index (χ4n) is 1.87. The highest BCUT2D eigenvalue weighted by Gasteiger charge is 2.13. The Morgan fingerprint density at radius 2 is 1.94 bits per heavy atom. The van der Waals surface area contributed by atoms with Crippen LogP contribution in [0.4, 0.5) is 15.8 Å². The van der Waals surface area contributed by atoms with Crippen molar-refractivity contribution in [3.8, 4) is 5.75 Å². The van der Waals surface area contributed by atoms with Gasteiger partial charge in [-0.1, -0.05) is 13.8 Å². The number of nitrogens with two attached hydrogens (primary N) is 1. The Kier molecular flexibility index (Phi) is 5.75. The number of halogens is 1. The third-order valence-electron chi connectivity index (χ3n) is 2.76. The van der Waals surface area contributed by atoms with Gasteiger partial charge in [0, 0.05) is 25.2 Å². The zero-order valence-corrected chi connectivity index (χ0v) is 11.5. The molecule has 0 saturated carbocycles. The van der Waals surface area contributed by atoms with E-state index in [0.29, 0.717) is 12.3 Å². The third kappa shape index (κ3) is 3.52. The van der Waals surface area contributed by atoms with Crippen molar-refractivity contribution in [2.24, 2.45) is 0 Å². The molecule has 0 bridgehead atoms. The Morgan fingerprint density at radius 3 is 2.50 bits per heavy atom. The normalized spacial score (nSPS) is 10.4. The van der Waals surface area contributed by atoms with E-state index in [2.05, 4.69) is 18.7 Å². The van der Waals surface area contributed by atoms with E-state index in [-0.39, 0.29) is 5.75 Å². The summed E-state index contributed by atoms with van der Waals surface area (Å²) in [4.78, 5) is 2.13. The Bertz CT molecular complexity index is 382. The fraction of sp³-hybridized carbons (Fsp3) is 0.571. The molecule has 1 aromatic rings. The molecule has 2 N–H and O–H groups in total. The van der Waals surface area contributed by atoms with Crippen molar-refractivity contribution in [2.75, 3.05) is 30.3 Å². The van der Waals surface area contributed by atoms with Crippen LogP contribution in [-0.2, 0) is 0 Å². The van der Waals surface area contributed by atoms with Crippen LogP contribution in [0.2, 0.25) is 0 Å². The number of hydrogen-bond acceptors (Lipinski definition) is 3. The standard InChI is InChI=1S/C14H23FN2O/c1-4-7-17(6-3)13-10-14(18-8-5-2)11(15)9-12(13)16/h9-10H,4-8,16H2,1-3H3. The Balaban J connectivity index is 3.02. The average Bonchev–Trinajstić information content (AvgIpc) is 2.35. The van der Waals surface area contributed by atoms with E-state index in [1.807, 2.05) is 6.92 Å². The lowest BCUT2D eigenvalue weighted by atomic mass is 10.2. The molecule has 0 radical (unpaired) electrons. The summed E-state index contributed by atoms with van der Waals surface area (Å²) in [6.07, 6.45) is 1.88. The first kappa shape index (κ1) is 14.6. The smallest absolute Gasteiger partial charge is 0.167 e. The molecular weight excluding hydrogens is 231 g/mol. The molecule has 0 aliphatic rings. The molecule has 0 unspecified atom stereocenters. The van der Waals surface area contributed by atoms with Gasteiger partial charge in [-0.05, 0) is 19.8 Å². The Morgan fingerprint density at radius 1 is 1.22 bits per heavy atom. The highest BCUT2D eigenvalue weighted by Crippen LogP contribution is 2.31. The number of hydrogen-bond donors (Lipinski definition) is 1. The maximum absolute atomic E-state index is 13.7. The molecule has 0 atom stereocenters. The molecule has 0 amide bonds. The van der Waals surface area contributed by atoms with Crippen molar-refractivity contribution in [3.63, 3.8) is 0 Å². The summed E-state index contributed by atoms with van der Waals surface area (Å²) >= 11 is 0. The zero-order chi connectivity index (χ0) is 13.5. The van der Waals surface area contributed by atoms with Gasteiger partial charge in [0.05, 0.1) is 18.0 Å². The van der Waals surface area contributed by atoms with Crippen LogP contribution in [0.1, 0.15) is 33.6 Å². The van der Waals surface area contributed by atoms with E-state index < -0.39 is 5.82 Å². The van der Waals surface area contributed by atoms with Gasteiger partial charge < -0.3 is 15.4 Å². The number of ether oxygens (including phenoxy) is 1. The van der Waals surface area contributed by atoms with Gasteiger partial charge in [-0.3, -0.25) is 0 Å². The van der Waals surface area contributed by atoms with Gasteiger partial charge in [-0.25, -0.2) is 4.39 Å². The highest BCUT2D eigenvalue weighted by molar-refractivity contribution is 5.70. The molecule has 0 heterocycles. The summed E-state index contributed by atoms with van der Waals surface area (Å²) < 4.78 is 19.1. The van der Waals surface area contributed by atoms with E-state index in [1.54, 1.807) is 6.07 Å². The van der Waals surface area contributed by atoms with E-state index in [0.717, 1.165) is 31.6 Å². The molecular formula is C14H23FN2O. The number of anilines is 2. The zero-order valence-electron chi connectivity index (χ0n) is 11.5. The lowest BCUT2D eigenvalue weighted by Crippen LogP contribution is -2.24. The minimum absolute atomic E-state index is 0.288. The first-order chi connectivity index (χ1) is 8.63. The molecule has 102 valence electrons. The summed E-state index contributed by atoms with van der Waals surface area (Å²) in [7, 11) is 0. The van der Waals surface area contributed by atoms with Crippen molar-refractivity contribution in [1.29, 1.82) is 0 Å². The molecule has 0 spiro atoms. The van der Waals surface area contributed by atoms with E-state index in [4.69, 9.17) is 10.5 Å². The number of nitrogen functional groups attached to an aromatic ring is 1. The largest absolute Gasteiger partial charge is 0.490 e. The summed E-state index contributed by atoms with van der Waals surface area (Å²) in [6.45, 7) is 8.42. The number of rotatable bonds is 7. The molecule has 0 aliphatic heterocycles. The van der Waals surface area contributed by atoms with Crippen molar-refractivity contribution < 1.29 is 9.13 Å². The Labute approximate surface area is 109 Å². The monoisotopic (exact) mass is 254 g/mol. The topological polar surface area (TPSA) is 38.5 Å². The van der Waals surface area contributed by atoms with E-state index >= 15 is 0 Å². The quantitative estimate of drug-likeness (QED) is 0.758. The lowest BCUT2D eigenvalue weighted by molar-refractivity contribution is 0.301. The van der Waals surface area contributed by atoms with Gasteiger partial charge in [0.1, 0.15) is 0 Å². The van der Waals surface area contributed by atoms with Crippen LogP contribution >= 0.6 is 0 Å². The van der Waals surface area contributed by atoms with Gasteiger partial charge in [0.25, 0.3) is 0 Å². The average molecular weight is 254 g/mol. The van der Waals surface area contributed by atoms with Crippen molar-refractivity contribution in [2.45, 2.75) is 33.6 Å². The molecule has 3 nitrogen and oxygen atoms in total. The summed E-state index contributed by atoms with van der Waals surface area (Å²) in [5, 5.41) is 0. The van der Waals surface area contributed by atoms with Gasteiger partial charge in [0.2, 0.25) is 0 Å². The predicted molar refractivity (Wildman–Crippen MR) is 74.8 cm³/mol. The van der Waals surface area contributed by atoms with Gasteiger partial charge in [-0.15, -0.1) is 0 Å². The molecule has 1 aromatic carbocycles. The van der Waals surface area contributed by atoms with E-state index in [9.17, 15) is 4.39 Å². The first-order valence-corrected chi connectivity index (χ1v) is 6.60. The van der Waals surface area contributed by atoms with Crippen LogP contribution in [0.25, 0.3) is 0 Å². The first-order valence-electron chi connectivity index (χ1n) is 6.60. The third-order valence-corrected chi connectivity index (χ3v) is 2.76. The molecule has 0 aromatic heterocycles. The van der Waals surface area contributed by atoms with Crippen LogP contribution in [0.5, 0.6) is 5.75 Å². The SMILES string of the molecule is CCCOc1cc(N(CC)CCC)c(N)cc1F. The molecule has 0 aliphatic carbocycles. The lowest BCUT2D eigenvalue weighted by Gasteiger charge is -2.24. The van der Waals surface area contributed by atoms with Crippen LogP contribution in [-0.4, -0.2) is 19.7 Å². The van der Waals surface area contributed by atoms with Crippen LogP contribution in [0.3, 0.4) is 0 Å². The van der Waals surface area contributed by atoms with Gasteiger partial charge in [0.15, 0.2) is 11.6 Å². The summed E-state index contributed by atoms with van der Waals surface area (Å²) in [6, 6.07) is 3.05. The van der Waals surface area contributed by atoms with Gasteiger partial charge >= 0.3 is 0 Å². The minimum atomic E-state index is -0.391. The maximum atomic E-state index is 13.7. The minimum Gasteiger partial charge on any atom is -0.490 e. The Hall–Kier alpha value is -1.45. The molecule has 18 heavy (non-hydrogen) atoms. The van der Waals surface area contributed by atoms with Crippen LogP contribution in [0, 0.1) is 5.82 Å². The van der Waals surface area contributed by atoms with Crippen LogP contribution in [0.15, 0.2) is 12.1 Å². The second kappa shape index (κ2) is 7.09. The summed E-state index contributed by atoms with van der Waals surface area (Å²) in [5.74, 6) is -0.104. The molecule has 0 saturated heterocycles. The number of benzene rings is 1. The number of nitrogens with zero attached hydrogens (tertiary/aromatic N) is 1. The second-order valence-corrected chi connectivity index (χ2v) is 4.27. The maximum Gasteiger partial charge on any atom is 0.167 e. The summed E-state index contributed by atoms with van der Waals surface area (Å²) in [5.41, 5.74) is 7.21. The van der Waals surface area contributed by atoms with Crippen molar-refractivity contribution in [3.05, 3.63) is 17.9 Å². The van der Waals surface area contributed by atoms with E-state index in [1.165, 1.54) is 6.07 Å². The van der Waals surface area contributed by atoms with Crippen LogP contribution < -0.4 is 15.4 Å². The molecule has 1 rings (SSSR count). The van der Waals surface area contributed by atoms with Crippen molar-refractivity contribution >= 4 is 11.4 Å². The second-order valence-electron chi connectivity index (χ2n) is 4.27. The molecule has 4 heteroatoms. The highest BCUT2D eigenvalue weighted by atomic mass is 19.1. The fourth-order valence-corrected chi connectivity index (χ4v) is 1.87. The molecule has 0 fully saturated rings.